The molecule has 0 heterocycles. The molecule has 0 aliphatic rings. The summed E-state index contributed by atoms with van der Waals surface area (Å²) in [6.07, 6.45) is 0.874. The van der Waals surface area contributed by atoms with Crippen LogP contribution in [0.25, 0.3) is 0 Å². The van der Waals surface area contributed by atoms with E-state index in [2.05, 4.69) is 0 Å². The van der Waals surface area contributed by atoms with Crippen molar-refractivity contribution < 1.29 is 9.42 Å². The summed E-state index contributed by atoms with van der Waals surface area (Å²) in [5, 5.41) is 0. The Morgan fingerprint density at radius 1 is 1.50 bits per heavy atom. The van der Waals surface area contributed by atoms with Crippen molar-refractivity contribution in [3.63, 3.8) is 0 Å². The van der Waals surface area contributed by atoms with Crippen molar-refractivity contribution >= 4 is 8.53 Å². The molecular formula is C8H12NO2P. The molecule has 0 aromatic heterocycles. The molecule has 4 heteroatoms. The van der Waals surface area contributed by atoms with Gasteiger partial charge in [-0.2, -0.15) is 0 Å². The highest BCUT2D eigenvalue weighted by Gasteiger charge is 2.03. The average Bonchev–Trinajstić information content (AvgIpc) is 2.04. The zero-order valence-electron chi connectivity index (χ0n) is 6.90. The lowest BCUT2D eigenvalue weighted by Gasteiger charge is -2.09. The molecule has 66 valence electrons. The predicted octanol–water partition coefficient (Wildman–Crippen LogP) is 1.81. The quantitative estimate of drug-likeness (QED) is 0.706. The van der Waals surface area contributed by atoms with E-state index in [0.29, 0.717) is 5.75 Å². The Hall–Kier alpha value is -0.630. The first-order valence-electron chi connectivity index (χ1n) is 3.73. The minimum Gasteiger partial charge on any atom is -0.436 e. The molecule has 0 amide bonds. The average molecular weight is 185 g/mol. The molecule has 1 rings (SSSR count). The van der Waals surface area contributed by atoms with Crippen molar-refractivity contribution in [3.05, 3.63) is 29.8 Å². The lowest BCUT2D eigenvalue weighted by atomic mass is 10.1. The van der Waals surface area contributed by atoms with Crippen LogP contribution >= 0.6 is 8.53 Å². The van der Waals surface area contributed by atoms with Gasteiger partial charge >= 0.3 is 8.53 Å². The maximum absolute atomic E-state index is 8.85. The molecule has 3 nitrogen and oxygen atoms in total. The van der Waals surface area contributed by atoms with Gasteiger partial charge in [0, 0.05) is 0 Å². The first kappa shape index (κ1) is 9.46. The third-order valence-corrected chi connectivity index (χ3v) is 1.93. The van der Waals surface area contributed by atoms with Crippen molar-refractivity contribution in [2.24, 2.45) is 5.50 Å². The van der Waals surface area contributed by atoms with Gasteiger partial charge < -0.3 is 9.42 Å². The van der Waals surface area contributed by atoms with E-state index in [0.717, 1.165) is 12.0 Å². The zero-order valence-corrected chi connectivity index (χ0v) is 7.79. The molecule has 3 N–H and O–H groups in total. The monoisotopic (exact) mass is 185 g/mol. The van der Waals surface area contributed by atoms with E-state index >= 15 is 0 Å². The van der Waals surface area contributed by atoms with Gasteiger partial charge in [-0.25, -0.2) is 0 Å². The molecule has 1 aromatic rings. The highest BCUT2D eigenvalue weighted by Crippen LogP contribution is 2.28. The minimum atomic E-state index is -1.80. The third-order valence-electron chi connectivity index (χ3n) is 1.55. The summed E-state index contributed by atoms with van der Waals surface area (Å²) in [6.45, 7) is 2.03. The van der Waals surface area contributed by atoms with Gasteiger partial charge in [0.05, 0.1) is 0 Å². The molecule has 1 unspecified atom stereocenters. The number of rotatable bonds is 3. The number of aryl methyl sites for hydroxylation is 1. The van der Waals surface area contributed by atoms with E-state index < -0.39 is 8.53 Å². The Balaban J connectivity index is 2.82. The molecular weight excluding hydrogens is 173 g/mol. The molecule has 0 saturated carbocycles. The van der Waals surface area contributed by atoms with Gasteiger partial charge in [0.25, 0.3) is 0 Å². The van der Waals surface area contributed by atoms with Crippen LogP contribution < -0.4 is 10.0 Å². The van der Waals surface area contributed by atoms with E-state index in [1.807, 2.05) is 25.1 Å². The summed E-state index contributed by atoms with van der Waals surface area (Å²) in [7, 11) is -1.80. The van der Waals surface area contributed by atoms with Crippen molar-refractivity contribution in [1.82, 2.24) is 0 Å². The van der Waals surface area contributed by atoms with Crippen LogP contribution in [0, 0.1) is 0 Å². The largest absolute Gasteiger partial charge is 0.436 e. The number of nitrogens with two attached hydrogens (primary N) is 1. The van der Waals surface area contributed by atoms with Crippen LogP contribution in [0.5, 0.6) is 5.75 Å². The van der Waals surface area contributed by atoms with E-state index in [9.17, 15) is 0 Å². The summed E-state index contributed by atoms with van der Waals surface area (Å²) >= 11 is 0. The van der Waals surface area contributed by atoms with Crippen LogP contribution in [0.3, 0.4) is 0 Å². The van der Waals surface area contributed by atoms with Crippen molar-refractivity contribution in [1.29, 1.82) is 0 Å². The highest BCUT2D eigenvalue weighted by molar-refractivity contribution is 7.43. The summed E-state index contributed by atoms with van der Waals surface area (Å²) in [5.41, 5.74) is 6.21. The van der Waals surface area contributed by atoms with Crippen LogP contribution in [0.15, 0.2) is 24.3 Å². The van der Waals surface area contributed by atoms with E-state index in [1.165, 1.54) is 0 Å². The lowest BCUT2D eigenvalue weighted by Crippen LogP contribution is -1.97. The van der Waals surface area contributed by atoms with Crippen molar-refractivity contribution in [3.8, 4) is 5.75 Å². The highest BCUT2D eigenvalue weighted by atomic mass is 31.2. The molecule has 0 fully saturated rings. The standard InChI is InChI=1S/C8H12NO2P/c1-2-7-5-3-4-6-8(7)11-12(9)10/h3-6,10H,2,9H2,1H3. The Morgan fingerprint density at radius 3 is 2.75 bits per heavy atom. The maximum Gasteiger partial charge on any atom is 0.312 e. The molecule has 1 aromatic carbocycles. The molecule has 12 heavy (non-hydrogen) atoms. The summed E-state index contributed by atoms with van der Waals surface area (Å²) < 4.78 is 5.03. The molecule has 0 saturated heterocycles. The van der Waals surface area contributed by atoms with Gasteiger partial charge in [0.15, 0.2) is 0 Å². The van der Waals surface area contributed by atoms with E-state index in [-0.39, 0.29) is 0 Å². The van der Waals surface area contributed by atoms with Gasteiger partial charge in [-0.05, 0) is 18.1 Å². The fourth-order valence-corrected chi connectivity index (χ4v) is 1.37. The molecule has 0 spiro atoms. The first-order chi connectivity index (χ1) is 5.74. The van der Waals surface area contributed by atoms with Gasteiger partial charge in [-0.1, -0.05) is 25.1 Å². The molecule has 0 bridgehead atoms. The minimum absolute atomic E-state index is 0.677. The molecule has 0 radical (unpaired) electrons. The normalized spacial score (nSPS) is 12.6. The molecule has 1 atom stereocenters. The number of hydrogen-bond acceptors (Lipinski definition) is 3. The second-order valence-electron chi connectivity index (χ2n) is 2.36. The van der Waals surface area contributed by atoms with Crippen LogP contribution in [0.2, 0.25) is 0 Å². The zero-order chi connectivity index (χ0) is 8.97. The van der Waals surface area contributed by atoms with Crippen molar-refractivity contribution in [2.75, 3.05) is 0 Å². The fourth-order valence-electron chi connectivity index (χ4n) is 0.986. The SMILES string of the molecule is CCc1ccccc1OP(N)O. The number of hydrogen-bond donors (Lipinski definition) is 2. The molecule has 0 aliphatic heterocycles. The summed E-state index contributed by atoms with van der Waals surface area (Å²) in [6, 6.07) is 7.54. The van der Waals surface area contributed by atoms with Crippen molar-refractivity contribution in [2.45, 2.75) is 13.3 Å². The predicted molar refractivity (Wildman–Crippen MR) is 49.8 cm³/mol. The maximum atomic E-state index is 8.85. The number of benzene rings is 1. The van der Waals surface area contributed by atoms with Gasteiger partial charge in [0.1, 0.15) is 5.75 Å². The fraction of sp³-hybridized carbons (Fsp3) is 0.250. The Labute approximate surface area is 73.1 Å². The Bertz CT molecular complexity index is 253. The van der Waals surface area contributed by atoms with Crippen LogP contribution in [0.4, 0.5) is 0 Å². The van der Waals surface area contributed by atoms with Gasteiger partial charge in [0.2, 0.25) is 0 Å². The topological polar surface area (TPSA) is 55.5 Å². The lowest BCUT2D eigenvalue weighted by molar-refractivity contribution is 0.485. The van der Waals surface area contributed by atoms with Gasteiger partial charge in [-0.3, -0.25) is 5.50 Å². The van der Waals surface area contributed by atoms with Crippen LogP contribution in [-0.2, 0) is 6.42 Å². The van der Waals surface area contributed by atoms with Crippen LogP contribution in [0.1, 0.15) is 12.5 Å². The van der Waals surface area contributed by atoms with Crippen LogP contribution in [-0.4, -0.2) is 4.89 Å². The summed E-state index contributed by atoms with van der Waals surface area (Å²) in [5.74, 6) is 0.677. The van der Waals surface area contributed by atoms with E-state index in [1.54, 1.807) is 6.07 Å². The second-order valence-corrected chi connectivity index (χ2v) is 3.14. The van der Waals surface area contributed by atoms with Gasteiger partial charge in [-0.15, -0.1) is 0 Å². The Kier molecular flexibility index (Phi) is 3.48. The number of para-hydroxylation sites is 1. The smallest absolute Gasteiger partial charge is 0.312 e. The molecule has 0 aliphatic carbocycles. The first-order valence-corrected chi connectivity index (χ1v) is 5.01. The summed E-state index contributed by atoms with van der Waals surface area (Å²) in [4.78, 5) is 8.85. The Morgan fingerprint density at radius 2 is 2.17 bits per heavy atom. The second kappa shape index (κ2) is 4.41. The van der Waals surface area contributed by atoms with E-state index in [4.69, 9.17) is 14.9 Å². The third kappa shape index (κ3) is 2.45.